The molecule has 0 N–H and O–H groups in total. The number of aromatic nitrogens is 1. The molecular weight excluding hydrogens is 224 g/mol. The minimum absolute atomic E-state index is 0.0693. The fraction of sp³-hybridized carbons (Fsp3) is 0.455. The van der Waals surface area contributed by atoms with Crippen LogP contribution in [0.4, 0.5) is 5.69 Å². The van der Waals surface area contributed by atoms with Gasteiger partial charge in [-0.15, -0.1) is 0 Å². The van der Waals surface area contributed by atoms with Gasteiger partial charge in [-0.05, 0) is 13.0 Å². The van der Waals surface area contributed by atoms with Gasteiger partial charge >= 0.3 is 0 Å². The highest BCUT2D eigenvalue weighted by molar-refractivity contribution is 5.80. The van der Waals surface area contributed by atoms with Gasteiger partial charge in [0.2, 0.25) is 0 Å². The zero-order valence-electron chi connectivity index (χ0n) is 9.33. The first-order valence-electron chi connectivity index (χ1n) is 5.33. The maximum atomic E-state index is 11.5. The van der Waals surface area contributed by atoms with Crippen molar-refractivity contribution in [3.63, 3.8) is 0 Å². The quantitative estimate of drug-likeness (QED) is 0.577. The van der Waals surface area contributed by atoms with E-state index in [0.717, 1.165) is 0 Å². The largest absolute Gasteiger partial charge is 0.369 e. The van der Waals surface area contributed by atoms with E-state index in [1.807, 2.05) is 0 Å². The molecule has 0 bridgehead atoms. The molecule has 1 aliphatic heterocycles. The zero-order valence-corrected chi connectivity index (χ0v) is 9.33. The number of nitro groups is 1. The van der Waals surface area contributed by atoms with E-state index in [4.69, 9.17) is 4.74 Å². The Morgan fingerprint density at radius 2 is 2.29 bits per heavy atom. The van der Waals surface area contributed by atoms with Crippen molar-refractivity contribution < 1.29 is 14.5 Å². The van der Waals surface area contributed by atoms with Crippen LogP contribution in [-0.2, 0) is 9.53 Å². The first-order chi connectivity index (χ1) is 8.08. The summed E-state index contributed by atoms with van der Waals surface area (Å²) in [6, 6.07) is 1.54. The lowest BCUT2D eigenvalue weighted by molar-refractivity contribution is -0.386. The lowest BCUT2D eigenvalue weighted by Gasteiger charge is -2.26. The summed E-state index contributed by atoms with van der Waals surface area (Å²) in [6.45, 7) is 1.79. The van der Waals surface area contributed by atoms with Gasteiger partial charge in [0, 0.05) is 19.0 Å². The highest BCUT2D eigenvalue weighted by Gasteiger charge is 2.30. The summed E-state index contributed by atoms with van der Waals surface area (Å²) in [5, 5.41) is 10.9. The average Bonchev–Trinajstić information content (AvgIpc) is 2.27. The van der Waals surface area contributed by atoms with Gasteiger partial charge in [-0.2, -0.15) is 0 Å². The van der Waals surface area contributed by atoms with Crippen LogP contribution in [0.2, 0.25) is 0 Å². The van der Waals surface area contributed by atoms with E-state index in [9.17, 15) is 14.9 Å². The Morgan fingerprint density at radius 1 is 1.53 bits per heavy atom. The van der Waals surface area contributed by atoms with Gasteiger partial charge < -0.3 is 4.74 Å². The fourth-order valence-corrected chi connectivity index (χ4v) is 1.99. The van der Waals surface area contributed by atoms with E-state index in [2.05, 4.69) is 4.98 Å². The van der Waals surface area contributed by atoms with Crippen molar-refractivity contribution in [2.45, 2.75) is 32.0 Å². The minimum Gasteiger partial charge on any atom is -0.369 e. The Hall–Kier alpha value is -1.82. The standard InChI is InChI=1S/C11H12N2O4/c1-7-4-8(14)5-11(17-7)9-2-3-12-6-10(9)13(15)16/h2-3,6-7,11H,4-5H2,1H3. The van der Waals surface area contributed by atoms with Gasteiger partial charge in [-0.25, -0.2) is 0 Å². The van der Waals surface area contributed by atoms with Gasteiger partial charge in [-0.3, -0.25) is 19.9 Å². The molecule has 1 saturated heterocycles. The van der Waals surface area contributed by atoms with Crippen molar-refractivity contribution in [1.29, 1.82) is 0 Å². The molecule has 1 aromatic rings. The number of hydrogen-bond donors (Lipinski definition) is 0. The minimum atomic E-state index is -0.533. The van der Waals surface area contributed by atoms with Crippen molar-refractivity contribution in [2.75, 3.05) is 0 Å². The fourth-order valence-electron chi connectivity index (χ4n) is 1.99. The second-order valence-corrected chi connectivity index (χ2v) is 4.07. The van der Waals surface area contributed by atoms with Gasteiger partial charge in [0.25, 0.3) is 5.69 Å². The second-order valence-electron chi connectivity index (χ2n) is 4.07. The van der Waals surface area contributed by atoms with Crippen LogP contribution in [0.15, 0.2) is 18.5 Å². The Labute approximate surface area is 97.8 Å². The van der Waals surface area contributed by atoms with Gasteiger partial charge in [-0.1, -0.05) is 0 Å². The number of carbonyl (C=O) groups is 1. The van der Waals surface area contributed by atoms with Crippen molar-refractivity contribution in [3.8, 4) is 0 Å². The van der Waals surface area contributed by atoms with Gasteiger partial charge in [0.1, 0.15) is 12.0 Å². The maximum Gasteiger partial charge on any atom is 0.293 e. The molecule has 2 atom stereocenters. The van der Waals surface area contributed by atoms with Crippen molar-refractivity contribution in [2.24, 2.45) is 0 Å². The Morgan fingerprint density at radius 3 is 2.94 bits per heavy atom. The number of hydrogen-bond acceptors (Lipinski definition) is 5. The summed E-state index contributed by atoms with van der Waals surface area (Å²) < 4.78 is 5.58. The SMILES string of the molecule is CC1CC(=O)CC(c2ccncc2[N+](=O)[O-])O1. The molecule has 2 unspecified atom stereocenters. The number of ketones is 1. The number of carbonyl (C=O) groups excluding carboxylic acids is 1. The Bertz CT molecular complexity index is 461. The summed E-state index contributed by atoms with van der Waals surface area (Å²) in [6.07, 6.45) is 2.48. The molecule has 2 heterocycles. The van der Waals surface area contributed by atoms with Gasteiger partial charge in [0.15, 0.2) is 0 Å². The molecule has 90 valence electrons. The average molecular weight is 236 g/mol. The lowest BCUT2D eigenvalue weighted by Crippen LogP contribution is -2.26. The van der Waals surface area contributed by atoms with Crippen LogP contribution in [0.1, 0.15) is 31.4 Å². The molecule has 0 radical (unpaired) electrons. The van der Waals surface area contributed by atoms with Crippen LogP contribution < -0.4 is 0 Å². The van der Waals surface area contributed by atoms with Crippen molar-refractivity contribution >= 4 is 11.5 Å². The molecule has 6 heteroatoms. The zero-order chi connectivity index (χ0) is 12.4. The molecule has 1 aromatic heterocycles. The molecule has 0 amide bonds. The first kappa shape index (κ1) is 11.7. The summed E-state index contributed by atoms with van der Waals surface area (Å²) in [7, 11) is 0. The third kappa shape index (κ3) is 2.47. The van der Waals surface area contributed by atoms with Crippen molar-refractivity contribution in [1.82, 2.24) is 4.98 Å². The molecule has 2 rings (SSSR count). The second kappa shape index (κ2) is 4.58. The topological polar surface area (TPSA) is 82.3 Å². The summed E-state index contributed by atoms with van der Waals surface area (Å²) >= 11 is 0. The van der Waals surface area contributed by atoms with E-state index in [1.165, 1.54) is 18.5 Å². The summed E-state index contributed by atoms with van der Waals surface area (Å²) in [5.74, 6) is 0.0693. The molecular formula is C11H12N2O4. The van der Waals surface area contributed by atoms with Crippen LogP contribution >= 0.6 is 0 Å². The monoisotopic (exact) mass is 236 g/mol. The number of pyridine rings is 1. The third-order valence-corrected chi connectivity index (χ3v) is 2.70. The normalized spacial score (nSPS) is 24.6. The summed E-state index contributed by atoms with van der Waals surface area (Å²) in [5.41, 5.74) is 0.323. The predicted octanol–water partition coefficient (Wildman–Crippen LogP) is 1.80. The van der Waals surface area contributed by atoms with E-state index in [0.29, 0.717) is 12.0 Å². The maximum absolute atomic E-state index is 11.5. The lowest BCUT2D eigenvalue weighted by atomic mass is 9.97. The highest BCUT2D eigenvalue weighted by atomic mass is 16.6. The van der Waals surface area contributed by atoms with E-state index in [-0.39, 0.29) is 24.0 Å². The smallest absolute Gasteiger partial charge is 0.293 e. The van der Waals surface area contributed by atoms with Crippen molar-refractivity contribution in [3.05, 3.63) is 34.1 Å². The first-order valence-corrected chi connectivity index (χ1v) is 5.33. The molecule has 0 aromatic carbocycles. The molecule has 1 aliphatic rings. The van der Waals surface area contributed by atoms with E-state index in [1.54, 1.807) is 6.92 Å². The Kier molecular flexibility index (Phi) is 3.14. The van der Waals surface area contributed by atoms with Gasteiger partial charge in [0.05, 0.1) is 22.7 Å². The molecule has 1 fully saturated rings. The predicted molar refractivity (Wildman–Crippen MR) is 58.4 cm³/mol. The molecule has 0 saturated carbocycles. The van der Waals surface area contributed by atoms with E-state index >= 15 is 0 Å². The van der Waals surface area contributed by atoms with E-state index < -0.39 is 11.0 Å². The number of ether oxygens (including phenoxy) is 1. The number of nitrogens with zero attached hydrogens (tertiary/aromatic N) is 2. The van der Waals surface area contributed by atoms with Crippen LogP contribution in [0.25, 0.3) is 0 Å². The van der Waals surface area contributed by atoms with Crippen LogP contribution in [0, 0.1) is 10.1 Å². The van der Waals surface area contributed by atoms with Crippen LogP contribution in [0.3, 0.4) is 0 Å². The van der Waals surface area contributed by atoms with Crippen LogP contribution in [-0.4, -0.2) is 21.8 Å². The molecule has 17 heavy (non-hydrogen) atoms. The highest BCUT2D eigenvalue weighted by Crippen LogP contribution is 2.33. The Balaban J connectivity index is 2.33. The molecule has 6 nitrogen and oxygen atoms in total. The van der Waals surface area contributed by atoms with Crippen LogP contribution in [0.5, 0.6) is 0 Å². The number of Topliss-reactive ketones (excluding diaryl/α,β-unsaturated/α-hetero) is 1. The third-order valence-electron chi connectivity index (χ3n) is 2.70. The molecule has 0 aliphatic carbocycles. The molecule has 0 spiro atoms. The number of rotatable bonds is 2. The summed E-state index contributed by atoms with van der Waals surface area (Å²) in [4.78, 5) is 25.5.